The molecule has 4 heavy (non-hydrogen) atoms. The Morgan fingerprint density at radius 1 is 1.00 bits per heavy atom. The van der Waals surface area contributed by atoms with Crippen LogP contribution in [0.25, 0.3) is 0 Å². The molecular formula is H10GaSbSeSn. The van der Waals surface area contributed by atoms with Gasteiger partial charge in [-0.1, -0.05) is 0 Å². The quantitative estimate of drug-likeness (QED) is 0.363. The van der Waals surface area contributed by atoms with E-state index < -0.39 is 0 Å². The molecule has 0 aromatic heterocycles. The minimum absolute atomic E-state index is 0. The Kier molecular flexibility index (Phi) is 126. The molecule has 0 bridgehead atoms. The average Bonchev–Trinajstić information content (AvgIpc) is 0. The zero-order valence-electron chi connectivity index (χ0n) is 1.91. The Balaban J connectivity index is 0. The zero-order chi connectivity index (χ0) is 0. The van der Waals surface area contributed by atoms with E-state index in [0.717, 1.165) is 0 Å². The standard InChI is InChI=1S/Ga.Sb.H2Se.Sn.8H/h;;1H2;;;;;;;;;. The molecule has 0 aromatic carbocycles. The van der Waals surface area contributed by atoms with E-state index in [1.807, 2.05) is 0 Å². The summed E-state index contributed by atoms with van der Waals surface area (Å²) < 4.78 is 0. The summed E-state index contributed by atoms with van der Waals surface area (Å²) in [6, 6.07) is 0. The van der Waals surface area contributed by atoms with Crippen LogP contribution in [0, 0.1) is 0 Å². The van der Waals surface area contributed by atoms with Crippen molar-refractivity contribution >= 4 is 85.2 Å². The summed E-state index contributed by atoms with van der Waals surface area (Å²) in [5.74, 6) is 0. The van der Waals surface area contributed by atoms with E-state index in [4.69, 9.17) is 0 Å². The Hall–Kier alpha value is 2.77. The first-order valence-corrected chi connectivity index (χ1v) is 0. The van der Waals surface area contributed by atoms with Gasteiger partial charge in [-0.15, -0.1) is 0 Å². The Morgan fingerprint density at radius 2 is 1.00 bits per heavy atom. The first-order valence-electron chi connectivity index (χ1n) is 0. The van der Waals surface area contributed by atoms with E-state index >= 15 is 0 Å². The summed E-state index contributed by atoms with van der Waals surface area (Å²) in [7, 11) is 0. The van der Waals surface area contributed by atoms with Crippen LogP contribution in [0.1, 0.15) is 0 Å². The van der Waals surface area contributed by atoms with Gasteiger partial charge < -0.3 is 0 Å². The van der Waals surface area contributed by atoms with Gasteiger partial charge in [0, 0.05) is 0 Å². The molecule has 0 aliphatic rings. The van der Waals surface area contributed by atoms with Crippen LogP contribution in [0.3, 0.4) is 0 Å². The van der Waals surface area contributed by atoms with Crippen LogP contribution in [0.4, 0.5) is 0 Å². The van der Waals surface area contributed by atoms with Gasteiger partial charge in [0.2, 0.25) is 0 Å². The normalized spacial score (nSPS) is 0. The molecule has 28 valence electrons. The average molecular weight is 399 g/mol. The molecule has 0 fully saturated rings. The Bertz CT molecular complexity index is 8.00. The van der Waals surface area contributed by atoms with E-state index in [9.17, 15) is 0 Å². The van der Waals surface area contributed by atoms with Crippen molar-refractivity contribution in [3.63, 3.8) is 0 Å². The molecule has 0 rings (SSSR count). The molecule has 0 N–H and O–H groups in total. The van der Waals surface area contributed by atoms with Crippen LogP contribution in [0.2, 0.25) is 0 Å². The van der Waals surface area contributed by atoms with Crippen LogP contribution in [-0.2, 0) is 0 Å². The number of hydrogen-bond acceptors (Lipinski definition) is 0. The van der Waals surface area contributed by atoms with Gasteiger partial charge in [0.25, 0.3) is 0 Å². The molecule has 0 saturated carbocycles. The van der Waals surface area contributed by atoms with E-state index in [0.29, 0.717) is 0 Å². The topological polar surface area (TPSA) is 0 Å². The van der Waals surface area contributed by atoms with Crippen molar-refractivity contribution in [2.45, 2.75) is 0 Å². The maximum absolute atomic E-state index is 0. The molecule has 0 amide bonds. The molecule has 0 aromatic rings. The van der Waals surface area contributed by atoms with Crippen LogP contribution in [-0.4, -0.2) is 85.2 Å². The molecule has 0 spiro atoms. The first-order chi connectivity index (χ1) is 0. The second kappa shape index (κ2) is 17.1. The summed E-state index contributed by atoms with van der Waals surface area (Å²) in [6.07, 6.45) is 0. The van der Waals surface area contributed by atoms with Crippen LogP contribution in [0.15, 0.2) is 0 Å². The van der Waals surface area contributed by atoms with E-state index in [1.54, 1.807) is 0 Å². The summed E-state index contributed by atoms with van der Waals surface area (Å²) in [5.41, 5.74) is 0. The van der Waals surface area contributed by atoms with Gasteiger partial charge in [-0.25, -0.2) is 0 Å². The second-order valence-corrected chi connectivity index (χ2v) is 0. The molecule has 0 aliphatic heterocycles. The van der Waals surface area contributed by atoms with Crippen molar-refractivity contribution in [1.29, 1.82) is 0 Å². The van der Waals surface area contributed by atoms with Crippen molar-refractivity contribution in [2.75, 3.05) is 0 Å². The molecule has 0 aliphatic carbocycles. The van der Waals surface area contributed by atoms with Gasteiger partial charge in [-0.2, -0.15) is 0 Å². The summed E-state index contributed by atoms with van der Waals surface area (Å²) >= 11 is 0. The zero-order valence-corrected chi connectivity index (χ0v) is 12.1. The van der Waals surface area contributed by atoms with E-state index in [-0.39, 0.29) is 85.2 Å². The maximum atomic E-state index is 0. The van der Waals surface area contributed by atoms with Crippen molar-refractivity contribution in [3.05, 3.63) is 0 Å². The fourth-order valence-electron chi connectivity index (χ4n) is 0. The molecular weight excluding hydrogens is 389 g/mol. The predicted octanol–water partition coefficient (Wildman–Crippen LogP) is -4.20. The minimum atomic E-state index is 0. The molecule has 4 heteroatoms. The number of hydrogen-bond donors (Lipinski definition) is 0. The third-order valence-electron chi connectivity index (χ3n) is 0. The van der Waals surface area contributed by atoms with E-state index in [1.165, 1.54) is 0 Å². The fourth-order valence-corrected chi connectivity index (χ4v) is 0. The molecule has 0 atom stereocenters. The monoisotopic (exact) mass is 400 g/mol. The van der Waals surface area contributed by atoms with Gasteiger partial charge in [-0.05, 0) is 0 Å². The second-order valence-electron chi connectivity index (χ2n) is 0. The Morgan fingerprint density at radius 3 is 1.00 bits per heavy atom. The molecule has 0 heterocycles. The third kappa shape index (κ3) is 8.84. The van der Waals surface area contributed by atoms with Gasteiger partial charge in [-0.3, -0.25) is 0 Å². The summed E-state index contributed by atoms with van der Waals surface area (Å²) in [5, 5.41) is 0. The molecule has 0 saturated heterocycles. The third-order valence-corrected chi connectivity index (χ3v) is 0. The van der Waals surface area contributed by atoms with Crippen molar-refractivity contribution in [2.24, 2.45) is 0 Å². The molecule has 0 unspecified atom stereocenters. The fraction of sp³-hybridized carbons (Fsp3) is 0. The summed E-state index contributed by atoms with van der Waals surface area (Å²) in [6.45, 7) is 0. The van der Waals surface area contributed by atoms with Gasteiger partial charge in [0.05, 0.1) is 0 Å². The molecule has 0 nitrogen and oxygen atoms in total. The van der Waals surface area contributed by atoms with Crippen LogP contribution < -0.4 is 0 Å². The van der Waals surface area contributed by atoms with Crippen molar-refractivity contribution in [3.8, 4) is 0 Å². The number of rotatable bonds is 0. The SMILES string of the molecule is [GaH3].[SbH3].[SeH2].[SnH2]. The first kappa shape index (κ1) is 29.4. The van der Waals surface area contributed by atoms with Crippen molar-refractivity contribution in [1.82, 2.24) is 0 Å². The van der Waals surface area contributed by atoms with E-state index in [2.05, 4.69) is 0 Å². The Labute approximate surface area is 83.8 Å². The van der Waals surface area contributed by atoms with Gasteiger partial charge in [0.1, 0.15) is 0 Å². The van der Waals surface area contributed by atoms with Gasteiger partial charge in [0.15, 0.2) is 0 Å². The van der Waals surface area contributed by atoms with Gasteiger partial charge >= 0.3 is 85.2 Å². The summed E-state index contributed by atoms with van der Waals surface area (Å²) in [4.78, 5) is 0. The van der Waals surface area contributed by atoms with Crippen molar-refractivity contribution < 1.29 is 0 Å². The predicted molar refractivity (Wildman–Crippen MR) is 37.0 cm³/mol. The van der Waals surface area contributed by atoms with Crippen LogP contribution >= 0.6 is 0 Å². The van der Waals surface area contributed by atoms with Crippen LogP contribution in [0.5, 0.6) is 0 Å². The molecule has 2 radical (unpaired) electrons.